The average molecular weight is 384 g/mol. The van der Waals surface area contributed by atoms with Crippen LogP contribution in [0.1, 0.15) is 37.0 Å². The van der Waals surface area contributed by atoms with Gasteiger partial charge in [0.2, 0.25) is 0 Å². The Labute approximate surface area is 157 Å². The van der Waals surface area contributed by atoms with Crippen molar-refractivity contribution in [3.8, 4) is 0 Å². The minimum Gasteiger partial charge on any atom is -0.465 e. The van der Waals surface area contributed by atoms with Crippen LogP contribution in [0.15, 0.2) is 23.2 Å². The van der Waals surface area contributed by atoms with Crippen LogP contribution in [0.25, 0.3) is 0 Å². The number of hydrogen-bond acceptors (Lipinski definition) is 7. The van der Waals surface area contributed by atoms with Crippen LogP contribution < -0.4 is 0 Å². The van der Waals surface area contributed by atoms with E-state index in [1.54, 1.807) is 6.07 Å². The summed E-state index contributed by atoms with van der Waals surface area (Å²) < 4.78 is 14.7. The first kappa shape index (κ1) is 21.6. The topological polar surface area (TPSA) is 91.3 Å². The highest BCUT2D eigenvalue weighted by atomic mass is 35.5. The highest BCUT2D eigenvalue weighted by Crippen LogP contribution is 2.29. The van der Waals surface area contributed by atoms with E-state index < -0.39 is 23.8 Å². The summed E-state index contributed by atoms with van der Waals surface area (Å²) in [6, 6.07) is 4.58. The zero-order valence-corrected chi connectivity index (χ0v) is 15.7. The van der Waals surface area contributed by atoms with Gasteiger partial charge in [0.1, 0.15) is 0 Å². The second-order valence-corrected chi connectivity index (χ2v) is 5.60. The molecule has 1 aromatic carbocycles. The van der Waals surface area contributed by atoms with Crippen LogP contribution in [0.2, 0.25) is 5.02 Å². The average Bonchev–Trinajstić information content (AvgIpc) is 2.65. The van der Waals surface area contributed by atoms with E-state index in [1.807, 2.05) is 13.8 Å². The number of ether oxygens (including phenoxy) is 3. The van der Waals surface area contributed by atoms with Crippen LogP contribution >= 0.6 is 11.6 Å². The first-order valence-corrected chi connectivity index (χ1v) is 8.58. The maximum Gasteiger partial charge on any atom is 0.339 e. The molecule has 0 aromatic heterocycles. The Kier molecular flexibility index (Phi) is 9.36. The van der Waals surface area contributed by atoms with Gasteiger partial charge in [0.25, 0.3) is 0 Å². The van der Waals surface area contributed by atoms with Crippen LogP contribution in [-0.4, -0.2) is 44.4 Å². The number of carbonyl (C=O) groups excluding carboxylic acids is 3. The summed E-state index contributed by atoms with van der Waals surface area (Å²) in [4.78, 5) is 40.0. The molecule has 0 unspecified atom stereocenters. The summed E-state index contributed by atoms with van der Waals surface area (Å²) >= 11 is 6.15. The third kappa shape index (κ3) is 6.15. The van der Waals surface area contributed by atoms with Crippen molar-refractivity contribution in [3.63, 3.8) is 0 Å². The molecule has 0 amide bonds. The highest BCUT2D eigenvalue weighted by molar-refractivity contribution is 6.36. The molecule has 0 saturated heterocycles. The van der Waals surface area contributed by atoms with Gasteiger partial charge in [0.05, 0.1) is 36.6 Å². The number of halogens is 1. The Bertz CT molecular complexity index is 654. The molecule has 0 spiro atoms. The summed E-state index contributed by atoms with van der Waals surface area (Å²) in [6.07, 6.45) is 2.34. The van der Waals surface area contributed by atoms with Crippen molar-refractivity contribution in [3.05, 3.63) is 28.8 Å². The Morgan fingerprint density at radius 2 is 1.69 bits per heavy atom. The quantitative estimate of drug-likeness (QED) is 0.281. The fourth-order valence-corrected chi connectivity index (χ4v) is 2.10. The van der Waals surface area contributed by atoms with E-state index in [0.29, 0.717) is 12.8 Å². The van der Waals surface area contributed by atoms with Crippen molar-refractivity contribution >= 4 is 41.4 Å². The lowest BCUT2D eigenvalue weighted by Gasteiger charge is -2.11. The lowest BCUT2D eigenvalue weighted by Crippen LogP contribution is -2.29. The van der Waals surface area contributed by atoms with E-state index >= 15 is 0 Å². The molecular formula is C18H22ClNO6. The molecule has 0 fully saturated rings. The second kappa shape index (κ2) is 11.3. The maximum absolute atomic E-state index is 12.1. The minimum absolute atomic E-state index is 0.0539. The van der Waals surface area contributed by atoms with Crippen LogP contribution in [0.4, 0.5) is 5.69 Å². The Morgan fingerprint density at radius 1 is 1.12 bits per heavy atom. The van der Waals surface area contributed by atoms with Gasteiger partial charge in [-0.15, -0.1) is 0 Å². The summed E-state index contributed by atoms with van der Waals surface area (Å²) in [5, 5.41) is 0.0539. The molecule has 0 aliphatic carbocycles. The Morgan fingerprint density at radius 3 is 2.19 bits per heavy atom. The van der Waals surface area contributed by atoms with E-state index in [0.717, 1.165) is 6.21 Å². The summed E-state index contributed by atoms with van der Waals surface area (Å²) in [5.74, 6) is -3.44. The summed E-state index contributed by atoms with van der Waals surface area (Å²) in [6.45, 7) is 4.04. The molecule has 1 rings (SSSR count). The van der Waals surface area contributed by atoms with Gasteiger partial charge in [0.15, 0.2) is 5.92 Å². The maximum atomic E-state index is 12.1. The Balaban J connectivity index is 3.07. The number of benzene rings is 1. The number of esters is 3. The molecule has 0 radical (unpaired) electrons. The number of nitrogens with zero attached hydrogens (tertiary/aromatic N) is 1. The monoisotopic (exact) mass is 383 g/mol. The molecule has 0 aliphatic heterocycles. The molecule has 7 nitrogen and oxygen atoms in total. The van der Waals surface area contributed by atoms with Crippen molar-refractivity contribution in [1.82, 2.24) is 0 Å². The smallest absolute Gasteiger partial charge is 0.339 e. The van der Waals surface area contributed by atoms with E-state index in [9.17, 15) is 14.4 Å². The first-order valence-electron chi connectivity index (χ1n) is 8.20. The van der Waals surface area contributed by atoms with Gasteiger partial charge in [0, 0.05) is 6.21 Å². The van der Waals surface area contributed by atoms with Crippen molar-refractivity contribution in [2.45, 2.75) is 26.7 Å². The molecule has 0 atom stereocenters. The highest BCUT2D eigenvalue weighted by Gasteiger charge is 2.28. The SMILES string of the molecule is CCCOC(=O)C(C=Nc1cccc(C(=O)OC)c1Cl)C(=O)OCCC. The van der Waals surface area contributed by atoms with Gasteiger partial charge < -0.3 is 14.2 Å². The van der Waals surface area contributed by atoms with Gasteiger partial charge >= 0.3 is 17.9 Å². The predicted octanol–water partition coefficient (Wildman–Crippen LogP) is 3.35. The fourth-order valence-electron chi connectivity index (χ4n) is 1.84. The molecule has 142 valence electrons. The molecule has 0 N–H and O–H groups in total. The lowest BCUT2D eigenvalue weighted by molar-refractivity contribution is -0.158. The number of hydrogen-bond donors (Lipinski definition) is 0. The fraction of sp³-hybridized carbons (Fsp3) is 0.444. The molecule has 26 heavy (non-hydrogen) atoms. The van der Waals surface area contributed by atoms with Crippen molar-refractivity contribution in [2.75, 3.05) is 20.3 Å². The largest absolute Gasteiger partial charge is 0.465 e. The number of methoxy groups -OCH3 is 1. The van der Waals surface area contributed by atoms with Crippen LogP contribution in [0.3, 0.4) is 0 Å². The van der Waals surface area contributed by atoms with Gasteiger partial charge in [-0.1, -0.05) is 31.5 Å². The zero-order valence-electron chi connectivity index (χ0n) is 15.0. The summed E-state index contributed by atoms with van der Waals surface area (Å²) in [7, 11) is 1.23. The first-order chi connectivity index (χ1) is 12.5. The Hall–Kier alpha value is -2.41. The molecule has 0 saturated carbocycles. The van der Waals surface area contributed by atoms with Crippen LogP contribution in [-0.2, 0) is 23.8 Å². The third-order valence-corrected chi connectivity index (χ3v) is 3.55. The lowest BCUT2D eigenvalue weighted by atomic mass is 10.1. The van der Waals surface area contributed by atoms with Gasteiger partial charge in [-0.25, -0.2) is 4.79 Å². The molecular weight excluding hydrogens is 362 g/mol. The van der Waals surface area contributed by atoms with E-state index in [1.165, 1.54) is 19.2 Å². The zero-order chi connectivity index (χ0) is 19.5. The molecule has 0 heterocycles. The normalized spacial score (nSPS) is 10.8. The van der Waals surface area contributed by atoms with Crippen LogP contribution in [0, 0.1) is 5.92 Å². The number of carbonyl (C=O) groups is 3. The van der Waals surface area contributed by atoms with Gasteiger partial charge in [-0.3, -0.25) is 14.6 Å². The molecule has 0 aliphatic rings. The molecule has 0 bridgehead atoms. The van der Waals surface area contributed by atoms with E-state index in [4.69, 9.17) is 21.1 Å². The molecule has 1 aromatic rings. The van der Waals surface area contributed by atoms with Crippen molar-refractivity contribution in [2.24, 2.45) is 10.9 Å². The van der Waals surface area contributed by atoms with Gasteiger partial charge in [-0.05, 0) is 25.0 Å². The van der Waals surface area contributed by atoms with Gasteiger partial charge in [-0.2, -0.15) is 0 Å². The minimum atomic E-state index is -1.31. The molecule has 8 heteroatoms. The summed E-state index contributed by atoms with van der Waals surface area (Å²) in [5.41, 5.74) is 0.341. The second-order valence-electron chi connectivity index (χ2n) is 5.22. The van der Waals surface area contributed by atoms with Crippen LogP contribution in [0.5, 0.6) is 0 Å². The van der Waals surface area contributed by atoms with Crippen molar-refractivity contribution < 1.29 is 28.6 Å². The van der Waals surface area contributed by atoms with E-state index in [2.05, 4.69) is 9.73 Å². The third-order valence-electron chi connectivity index (χ3n) is 3.15. The standard InChI is InChI=1S/C18H22ClNO6/c1-4-9-25-17(22)13(18(23)26-10-5-2)11-20-14-8-6-7-12(15(14)19)16(21)24-3/h6-8,11,13H,4-5,9-10H2,1-3H3. The number of aliphatic imine (C=N–C) groups is 1. The van der Waals surface area contributed by atoms with E-state index in [-0.39, 0.29) is 29.5 Å². The predicted molar refractivity (Wildman–Crippen MR) is 96.9 cm³/mol. The van der Waals surface area contributed by atoms with Crippen molar-refractivity contribution in [1.29, 1.82) is 0 Å². The number of rotatable bonds is 9.